The molecule has 6 aromatic carbocycles. The Labute approximate surface area is 380 Å². The maximum absolute atomic E-state index is 2.99. The zero-order chi connectivity index (χ0) is 44.1. The Morgan fingerprint density at radius 1 is 0.556 bits per heavy atom. The van der Waals surface area contributed by atoms with Crippen LogP contribution in [0.5, 0.6) is 0 Å². The van der Waals surface area contributed by atoms with Crippen molar-refractivity contribution in [2.24, 2.45) is 0 Å². The molecule has 2 unspecified atom stereocenters. The molecule has 1 fully saturated rings. The first-order chi connectivity index (χ1) is 29.6. The van der Waals surface area contributed by atoms with Gasteiger partial charge in [0, 0.05) is 59.3 Å². The van der Waals surface area contributed by atoms with Gasteiger partial charge in [0.25, 0.3) is 0 Å². The van der Waals surface area contributed by atoms with E-state index >= 15 is 0 Å². The van der Waals surface area contributed by atoms with Crippen LogP contribution < -0.4 is 20.6 Å². The van der Waals surface area contributed by atoms with Gasteiger partial charge in [-0.2, -0.15) is 0 Å². The molecule has 12 rings (SSSR count). The highest BCUT2D eigenvalue weighted by Crippen LogP contribution is 2.66. The van der Waals surface area contributed by atoms with Gasteiger partial charge in [0.1, 0.15) is 0 Å². The molecule has 0 amide bonds. The van der Waals surface area contributed by atoms with Crippen molar-refractivity contribution in [1.82, 2.24) is 0 Å². The van der Waals surface area contributed by atoms with Gasteiger partial charge in [-0.3, -0.25) is 0 Å². The number of thiophene rings is 1. The quantitative estimate of drug-likeness (QED) is 0.152. The fourth-order valence-electron chi connectivity index (χ4n) is 13.2. The van der Waals surface area contributed by atoms with E-state index in [1.54, 1.807) is 5.56 Å². The Bertz CT molecular complexity index is 3140. The number of hydrogen-bond acceptors (Lipinski definition) is 3. The molecule has 63 heavy (non-hydrogen) atoms. The average Bonchev–Trinajstić information content (AvgIpc) is 3.79. The second-order valence-corrected chi connectivity index (χ2v) is 25.2. The Balaban J connectivity index is 1.29. The molecule has 2 nitrogen and oxygen atoms in total. The first kappa shape index (κ1) is 39.8. The van der Waals surface area contributed by atoms with Gasteiger partial charge in [0.05, 0.1) is 5.54 Å². The van der Waals surface area contributed by atoms with Crippen LogP contribution in [0.4, 0.5) is 22.7 Å². The van der Waals surface area contributed by atoms with E-state index in [2.05, 4.69) is 197 Å². The Morgan fingerprint density at radius 3 is 1.95 bits per heavy atom. The van der Waals surface area contributed by atoms with Crippen molar-refractivity contribution in [2.75, 3.05) is 9.71 Å². The summed E-state index contributed by atoms with van der Waals surface area (Å²) in [5, 5.41) is 2.75. The molecule has 7 aromatic rings. The molecule has 0 spiro atoms. The molecule has 1 aromatic heterocycles. The van der Waals surface area contributed by atoms with E-state index in [9.17, 15) is 0 Å². The van der Waals surface area contributed by atoms with Crippen molar-refractivity contribution in [3.8, 4) is 22.3 Å². The molecule has 318 valence electrons. The summed E-state index contributed by atoms with van der Waals surface area (Å²) in [6, 6.07) is 39.4. The standard InChI is InChI=1S/C59H63BN2S/c1-54(2,3)34-20-23-37(24-21-34)62-51-39(26-27-46-48(51)40-25-22-35(55(4,5)6)32-47(40)63-46)42-33-41-38-18-14-15-19-43(38)57(10,11)49(41)53-50(42)60(62)45-31-36(56(7,8)9)30-44-52(45)61(53)59(13)29-17-16-28-58(44,59)12/h14-15,18-27,30-33H,16-17,28-29H2,1-13H3. The van der Waals surface area contributed by atoms with E-state index in [0.717, 1.165) is 0 Å². The van der Waals surface area contributed by atoms with E-state index in [1.807, 2.05) is 11.3 Å². The van der Waals surface area contributed by atoms with Crippen LogP contribution in [0.15, 0.2) is 97.1 Å². The highest BCUT2D eigenvalue weighted by Gasteiger charge is 2.63. The third-order valence-electron chi connectivity index (χ3n) is 17.0. The van der Waals surface area contributed by atoms with Crippen molar-refractivity contribution >= 4 is 72.0 Å². The number of hydrogen-bond donors (Lipinski definition) is 0. The first-order valence-corrected chi connectivity index (χ1v) is 24.7. The fraction of sp³-hybridized carbons (Fsp3) is 0.390. The Morgan fingerprint density at radius 2 is 1.24 bits per heavy atom. The molecule has 0 radical (unpaired) electrons. The lowest BCUT2D eigenvalue weighted by atomic mass is 9.42. The molecule has 2 atom stereocenters. The lowest BCUT2D eigenvalue weighted by molar-refractivity contribution is 0.194. The molecule has 3 aliphatic heterocycles. The van der Waals surface area contributed by atoms with Gasteiger partial charge < -0.3 is 9.71 Å². The first-order valence-electron chi connectivity index (χ1n) is 23.8. The van der Waals surface area contributed by atoms with Gasteiger partial charge in [-0.05, 0) is 127 Å². The minimum absolute atomic E-state index is 0.00290. The van der Waals surface area contributed by atoms with Crippen LogP contribution >= 0.6 is 11.3 Å². The molecule has 4 heterocycles. The number of benzene rings is 6. The molecule has 2 aliphatic carbocycles. The van der Waals surface area contributed by atoms with Gasteiger partial charge in [-0.15, -0.1) is 11.3 Å². The summed E-state index contributed by atoms with van der Waals surface area (Å²) in [4.78, 5) is 5.83. The van der Waals surface area contributed by atoms with Crippen LogP contribution in [0.3, 0.4) is 0 Å². The summed E-state index contributed by atoms with van der Waals surface area (Å²) in [5.41, 5.74) is 22.8. The summed E-state index contributed by atoms with van der Waals surface area (Å²) in [6.07, 6.45) is 4.93. The minimum atomic E-state index is -0.175. The van der Waals surface area contributed by atoms with Crippen LogP contribution in [0.1, 0.15) is 149 Å². The SMILES string of the molecule is CC(C)(C)c1ccc(N2B3c4cc(C(C)(C)C)cc5c4N(c4c3c(cc3c4C(C)(C)c4ccccc4-3)-c3ccc4sc6cc(C(C)(C)C)ccc6c4c32)C2(C)CCCCC52C)cc1. The number of fused-ring (bicyclic) bond motifs is 15. The molecule has 4 heteroatoms. The molecule has 0 N–H and O–H groups in total. The molecule has 0 saturated heterocycles. The summed E-state index contributed by atoms with van der Waals surface area (Å²) in [6.45, 7) is 31.6. The van der Waals surface area contributed by atoms with E-state index in [-0.39, 0.29) is 39.5 Å². The summed E-state index contributed by atoms with van der Waals surface area (Å²) >= 11 is 1.97. The van der Waals surface area contributed by atoms with E-state index in [4.69, 9.17) is 0 Å². The van der Waals surface area contributed by atoms with Crippen molar-refractivity contribution < 1.29 is 0 Å². The lowest BCUT2D eigenvalue weighted by Crippen LogP contribution is -2.65. The topological polar surface area (TPSA) is 6.48 Å². The highest BCUT2D eigenvalue weighted by atomic mass is 32.1. The minimum Gasteiger partial charge on any atom is -0.376 e. The van der Waals surface area contributed by atoms with Crippen molar-refractivity contribution in [3.05, 3.63) is 130 Å². The van der Waals surface area contributed by atoms with Crippen LogP contribution in [0, 0.1) is 0 Å². The molecule has 5 aliphatic rings. The van der Waals surface area contributed by atoms with E-state index < -0.39 is 0 Å². The predicted molar refractivity (Wildman–Crippen MR) is 275 cm³/mol. The van der Waals surface area contributed by atoms with Gasteiger partial charge in [0.2, 0.25) is 0 Å². The normalized spacial score (nSPS) is 21.6. The molecule has 1 saturated carbocycles. The number of nitrogens with zero attached hydrogens (tertiary/aromatic N) is 2. The lowest BCUT2D eigenvalue weighted by Gasteiger charge is -2.54. The smallest absolute Gasteiger partial charge is 0.333 e. The second-order valence-electron chi connectivity index (χ2n) is 24.1. The summed E-state index contributed by atoms with van der Waals surface area (Å²) in [5.74, 6) is 0. The predicted octanol–water partition coefficient (Wildman–Crippen LogP) is 15.2. The van der Waals surface area contributed by atoms with Gasteiger partial charge >= 0.3 is 6.85 Å². The third kappa shape index (κ3) is 5.03. The molecular weight excluding hydrogens is 780 g/mol. The summed E-state index contributed by atoms with van der Waals surface area (Å²) < 4.78 is 2.74. The molecule has 0 bridgehead atoms. The van der Waals surface area contributed by atoms with Crippen LogP contribution in [-0.4, -0.2) is 12.4 Å². The van der Waals surface area contributed by atoms with Crippen molar-refractivity contribution in [3.63, 3.8) is 0 Å². The third-order valence-corrected chi connectivity index (χ3v) is 18.1. The summed E-state index contributed by atoms with van der Waals surface area (Å²) in [7, 11) is 0. The average molecular weight is 843 g/mol. The van der Waals surface area contributed by atoms with Crippen molar-refractivity contribution in [2.45, 2.75) is 148 Å². The van der Waals surface area contributed by atoms with Gasteiger partial charge in [0.15, 0.2) is 0 Å². The largest absolute Gasteiger partial charge is 0.376 e. The monoisotopic (exact) mass is 842 g/mol. The van der Waals surface area contributed by atoms with Gasteiger partial charge in [-0.1, -0.05) is 163 Å². The maximum atomic E-state index is 2.99. The van der Waals surface area contributed by atoms with E-state index in [0.29, 0.717) is 0 Å². The Kier molecular flexibility index (Phi) is 7.77. The second kappa shape index (κ2) is 12.3. The number of anilines is 4. The maximum Gasteiger partial charge on any atom is 0.333 e. The fourth-order valence-corrected chi connectivity index (χ4v) is 14.4. The van der Waals surface area contributed by atoms with Crippen LogP contribution in [0.2, 0.25) is 0 Å². The van der Waals surface area contributed by atoms with Crippen molar-refractivity contribution in [1.29, 1.82) is 0 Å². The highest BCUT2D eigenvalue weighted by molar-refractivity contribution is 7.26. The van der Waals surface area contributed by atoms with Crippen LogP contribution in [0.25, 0.3) is 42.4 Å². The number of rotatable bonds is 1. The molecular formula is C59H63BN2S. The zero-order valence-electron chi connectivity index (χ0n) is 39.9. The van der Waals surface area contributed by atoms with Crippen LogP contribution in [-0.2, 0) is 27.1 Å². The Hall–Kier alpha value is -4.80. The zero-order valence-corrected chi connectivity index (χ0v) is 40.8. The van der Waals surface area contributed by atoms with Gasteiger partial charge in [-0.25, -0.2) is 0 Å². The van der Waals surface area contributed by atoms with E-state index in [1.165, 1.54) is 130 Å².